The summed E-state index contributed by atoms with van der Waals surface area (Å²) in [7, 11) is 0. The minimum absolute atomic E-state index is 0.111. The van der Waals surface area contributed by atoms with Gasteiger partial charge in [-0.3, -0.25) is 0 Å². The maximum Gasteiger partial charge on any atom is 0.508 e. The van der Waals surface area contributed by atoms with Gasteiger partial charge in [-0.05, 0) is 13.8 Å². The van der Waals surface area contributed by atoms with Gasteiger partial charge in [0, 0.05) is 6.42 Å². The number of carbonyl (C=O) groups is 1. The highest BCUT2D eigenvalue weighted by atomic mass is 16.7. The Morgan fingerprint density at radius 1 is 1.47 bits per heavy atom. The average Bonchev–Trinajstić information content (AvgIpc) is 2.11. The maximum atomic E-state index is 11.1. The minimum atomic E-state index is -0.706. The molecule has 0 radical (unpaired) electrons. The summed E-state index contributed by atoms with van der Waals surface area (Å²) in [6.45, 7) is 7.66. The van der Waals surface area contributed by atoms with Crippen molar-refractivity contribution >= 4 is 6.16 Å². The van der Waals surface area contributed by atoms with Crippen LogP contribution in [0.4, 0.5) is 4.79 Å². The molecule has 0 aromatic carbocycles. The average molecular weight is 217 g/mol. The summed E-state index contributed by atoms with van der Waals surface area (Å²) in [4.78, 5) is 11.1. The summed E-state index contributed by atoms with van der Waals surface area (Å²) < 4.78 is 14.6. The van der Waals surface area contributed by atoms with Crippen molar-refractivity contribution in [2.24, 2.45) is 5.73 Å². The Bertz CT molecular complexity index is 204. The molecular weight excluding hydrogens is 198 g/mol. The van der Waals surface area contributed by atoms with Crippen molar-refractivity contribution in [3.8, 4) is 0 Å². The van der Waals surface area contributed by atoms with Crippen molar-refractivity contribution in [1.29, 1.82) is 0 Å². The zero-order chi connectivity index (χ0) is 11.7. The fraction of sp³-hybridized carbons (Fsp3) is 0.700. The van der Waals surface area contributed by atoms with Crippen LogP contribution in [0.25, 0.3) is 0 Å². The van der Waals surface area contributed by atoms with E-state index in [0.717, 1.165) is 0 Å². The molecule has 0 saturated heterocycles. The number of hydrogen-bond donors (Lipinski definition) is 1. The van der Waals surface area contributed by atoms with Gasteiger partial charge in [-0.2, -0.15) is 0 Å². The van der Waals surface area contributed by atoms with Gasteiger partial charge in [0.15, 0.2) is 0 Å². The fourth-order valence-corrected chi connectivity index (χ4v) is 0.912. The first-order valence-electron chi connectivity index (χ1n) is 4.76. The molecule has 0 heterocycles. The van der Waals surface area contributed by atoms with E-state index in [2.05, 4.69) is 6.58 Å². The van der Waals surface area contributed by atoms with Gasteiger partial charge in [0.25, 0.3) is 0 Å². The molecule has 0 aliphatic rings. The third-order valence-electron chi connectivity index (χ3n) is 1.56. The van der Waals surface area contributed by atoms with Crippen molar-refractivity contribution in [1.82, 2.24) is 0 Å². The molecule has 5 nitrogen and oxygen atoms in total. The predicted molar refractivity (Wildman–Crippen MR) is 56.3 cm³/mol. The second-order valence-corrected chi connectivity index (χ2v) is 3.53. The Balaban J connectivity index is 3.68. The van der Waals surface area contributed by atoms with Crippen LogP contribution < -0.4 is 5.73 Å². The van der Waals surface area contributed by atoms with Crippen LogP contribution in [0.3, 0.4) is 0 Å². The zero-order valence-electron chi connectivity index (χ0n) is 9.32. The van der Waals surface area contributed by atoms with Crippen LogP contribution in [0, 0.1) is 0 Å². The Morgan fingerprint density at radius 3 is 2.67 bits per heavy atom. The second kappa shape index (κ2) is 7.25. The molecule has 0 fully saturated rings. The molecule has 0 atom stereocenters. The molecule has 5 heteroatoms. The van der Waals surface area contributed by atoms with E-state index >= 15 is 0 Å². The van der Waals surface area contributed by atoms with E-state index in [0.29, 0.717) is 6.42 Å². The summed E-state index contributed by atoms with van der Waals surface area (Å²) in [5.74, 6) is 0. The first-order valence-corrected chi connectivity index (χ1v) is 4.76. The summed E-state index contributed by atoms with van der Waals surface area (Å²) in [5.41, 5.74) is 4.49. The number of rotatable bonds is 7. The van der Waals surface area contributed by atoms with Crippen molar-refractivity contribution in [3.05, 3.63) is 12.7 Å². The summed E-state index contributed by atoms with van der Waals surface area (Å²) >= 11 is 0. The van der Waals surface area contributed by atoms with Gasteiger partial charge in [-0.15, -0.1) is 6.58 Å². The molecule has 2 N–H and O–H groups in total. The van der Waals surface area contributed by atoms with Crippen LogP contribution in [0.5, 0.6) is 0 Å². The van der Waals surface area contributed by atoms with Gasteiger partial charge in [-0.1, -0.05) is 6.08 Å². The first kappa shape index (κ1) is 13.9. The highest BCUT2D eigenvalue weighted by Gasteiger charge is 2.21. The van der Waals surface area contributed by atoms with E-state index in [1.54, 1.807) is 19.9 Å². The van der Waals surface area contributed by atoms with E-state index < -0.39 is 11.8 Å². The Kier molecular flexibility index (Phi) is 6.73. The van der Waals surface area contributed by atoms with E-state index in [-0.39, 0.29) is 19.9 Å². The van der Waals surface area contributed by atoms with E-state index in [1.807, 2.05) is 0 Å². The van der Waals surface area contributed by atoms with Gasteiger partial charge in [0.2, 0.25) is 0 Å². The lowest BCUT2D eigenvalue weighted by molar-refractivity contribution is -0.0247. The normalized spacial score (nSPS) is 10.9. The number of nitrogens with two attached hydrogens (primary N) is 1. The van der Waals surface area contributed by atoms with Gasteiger partial charge in [0.1, 0.15) is 12.2 Å². The van der Waals surface area contributed by atoms with Crippen molar-refractivity contribution < 1.29 is 19.0 Å². The topological polar surface area (TPSA) is 70.8 Å². The highest BCUT2D eigenvalue weighted by Crippen LogP contribution is 2.15. The molecule has 0 bridgehead atoms. The molecule has 0 saturated carbocycles. The second-order valence-electron chi connectivity index (χ2n) is 3.53. The van der Waals surface area contributed by atoms with Crippen LogP contribution in [0.1, 0.15) is 20.3 Å². The van der Waals surface area contributed by atoms with E-state index in [1.165, 1.54) is 0 Å². The quantitative estimate of drug-likeness (QED) is 0.302. The van der Waals surface area contributed by atoms with Gasteiger partial charge < -0.3 is 19.9 Å². The molecule has 15 heavy (non-hydrogen) atoms. The van der Waals surface area contributed by atoms with Crippen molar-refractivity contribution in [2.45, 2.75) is 25.9 Å². The number of hydrogen-bond acceptors (Lipinski definition) is 5. The molecule has 0 aliphatic heterocycles. The molecule has 0 aliphatic carbocycles. The predicted octanol–water partition coefficient (Wildman–Crippen LogP) is 1.43. The van der Waals surface area contributed by atoms with Crippen LogP contribution >= 0.6 is 0 Å². The standard InChI is InChI=1S/C10H19NO4/c1-4-5-10(2,3)15-9(12)14-7-6-13-8-11/h4H,1,5-8,11H2,2-3H3. The summed E-state index contributed by atoms with van der Waals surface area (Å²) in [6.07, 6.45) is 1.55. The van der Waals surface area contributed by atoms with Crippen LogP contribution in [0.2, 0.25) is 0 Å². The maximum absolute atomic E-state index is 11.1. The van der Waals surface area contributed by atoms with Crippen molar-refractivity contribution in [2.75, 3.05) is 19.9 Å². The minimum Gasteiger partial charge on any atom is -0.432 e. The lowest BCUT2D eigenvalue weighted by atomic mass is 10.1. The Hall–Kier alpha value is -1.07. The van der Waals surface area contributed by atoms with Gasteiger partial charge in [0.05, 0.1) is 13.3 Å². The van der Waals surface area contributed by atoms with Crippen LogP contribution in [-0.2, 0) is 14.2 Å². The SMILES string of the molecule is C=CCC(C)(C)OC(=O)OCCOCN. The molecule has 0 amide bonds. The van der Waals surface area contributed by atoms with Crippen LogP contribution in [0.15, 0.2) is 12.7 Å². The van der Waals surface area contributed by atoms with Crippen molar-refractivity contribution in [3.63, 3.8) is 0 Å². The molecular formula is C10H19NO4. The monoisotopic (exact) mass is 217 g/mol. The number of ether oxygens (including phenoxy) is 3. The summed E-state index contributed by atoms with van der Waals surface area (Å²) in [5, 5.41) is 0. The van der Waals surface area contributed by atoms with Crippen LogP contribution in [-0.4, -0.2) is 31.7 Å². The van der Waals surface area contributed by atoms with E-state index in [9.17, 15) is 4.79 Å². The molecule has 0 spiro atoms. The first-order chi connectivity index (χ1) is 7.02. The third-order valence-corrected chi connectivity index (χ3v) is 1.56. The lowest BCUT2D eigenvalue weighted by Crippen LogP contribution is -2.28. The zero-order valence-corrected chi connectivity index (χ0v) is 9.32. The lowest BCUT2D eigenvalue weighted by Gasteiger charge is -2.22. The largest absolute Gasteiger partial charge is 0.508 e. The molecule has 0 rings (SSSR count). The molecule has 88 valence electrons. The molecule has 0 unspecified atom stereocenters. The fourth-order valence-electron chi connectivity index (χ4n) is 0.912. The number of carbonyl (C=O) groups excluding carboxylic acids is 1. The summed E-state index contributed by atoms with van der Waals surface area (Å²) in [6, 6.07) is 0. The highest BCUT2D eigenvalue weighted by molar-refractivity contribution is 5.60. The van der Waals surface area contributed by atoms with Gasteiger partial charge >= 0.3 is 6.16 Å². The smallest absolute Gasteiger partial charge is 0.432 e. The van der Waals surface area contributed by atoms with Gasteiger partial charge in [-0.25, -0.2) is 4.79 Å². The Labute approximate surface area is 90.2 Å². The molecule has 0 aromatic heterocycles. The Morgan fingerprint density at radius 2 is 2.13 bits per heavy atom. The molecule has 0 aromatic rings. The third kappa shape index (κ3) is 7.96. The van der Waals surface area contributed by atoms with E-state index in [4.69, 9.17) is 19.9 Å².